The maximum Gasteiger partial charge on any atom is 0.262 e. The maximum atomic E-state index is 13.0. The van der Waals surface area contributed by atoms with Gasteiger partial charge < -0.3 is 15.0 Å². The topological polar surface area (TPSA) is 106 Å². The Kier molecular flexibility index (Phi) is 6.20. The van der Waals surface area contributed by atoms with Crippen LogP contribution in [0.1, 0.15) is 31.8 Å². The first kappa shape index (κ1) is 24.8. The number of likely N-dealkylation sites (N-methyl/N-ethyl adjacent to an activating group) is 1. The molecule has 1 aliphatic rings. The number of aliphatic imine (C=N–C) groups is 1. The van der Waals surface area contributed by atoms with Gasteiger partial charge in [-0.15, -0.1) is 0 Å². The number of amides is 3. The number of hydrogen-bond acceptors (Lipinski definition) is 5. The molecule has 196 valence electrons. The molecule has 8 heteroatoms. The molecule has 1 aromatic heterocycles. The lowest BCUT2D eigenvalue weighted by atomic mass is 10.0. The lowest BCUT2D eigenvalue weighted by Gasteiger charge is -2.21. The van der Waals surface area contributed by atoms with Crippen LogP contribution in [0.4, 0.5) is 11.4 Å². The summed E-state index contributed by atoms with van der Waals surface area (Å²) in [5.74, 6) is -1.32. The van der Waals surface area contributed by atoms with Gasteiger partial charge in [-0.2, -0.15) is 0 Å². The van der Waals surface area contributed by atoms with Crippen LogP contribution in [0.5, 0.6) is 5.88 Å². The molecule has 0 atom stereocenters. The second-order valence-electron chi connectivity index (χ2n) is 9.43. The van der Waals surface area contributed by atoms with Crippen LogP contribution in [-0.4, -0.2) is 52.0 Å². The minimum Gasteiger partial charge on any atom is -0.494 e. The maximum absolute atomic E-state index is 13.0. The second kappa shape index (κ2) is 9.99. The number of anilines is 1. The fraction of sp³-hybridized carbons (Fsp3) is 0.0625. The Hall–Kier alpha value is -5.50. The molecule has 8 nitrogen and oxygen atoms in total. The lowest BCUT2D eigenvalue weighted by molar-refractivity contribution is -0.118. The molecule has 0 saturated carbocycles. The molecule has 3 amide bonds. The van der Waals surface area contributed by atoms with Gasteiger partial charge in [0.2, 0.25) is 5.91 Å². The first-order valence-corrected chi connectivity index (χ1v) is 12.7. The highest BCUT2D eigenvalue weighted by Crippen LogP contribution is 2.32. The van der Waals surface area contributed by atoms with E-state index in [1.54, 1.807) is 55.6 Å². The summed E-state index contributed by atoms with van der Waals surface area (Å²) in [5.41, 5.74) is 4.64. The number of aromatic nitrogens is 1. The van der Waals surface area contributed by atoms with Gasteiger partial charge in [-0.25, -0.2) is 4.99 Å². The zero-order valence-corrected chi connectivity index (χ0v) is 21.5. The van der Waals surface area contributed by atoms with Gasteiger partial charge in [0.25, 0.3) is 11.8 Å². The normalized spacial score (nSPS) is 13.1. The van der Waals surface area contributed by atoms with Gasteiger partial charge in [-0.05, 0) is 42.5 Å². The van der Waals surface area contributed by atoms with E-state index < -0.39 is 17.7 Å². The van der Waals surface area contributed by atoms with E-state index in [4.69, 9.17) is 4.99 Å². The minimum absolute atomic E-state index is 0.0268. The molecule has 0 spiro atoms. The summed E-state index contributed by atoms with van der Waals surface area (Å²) in [7, 11) is 1.60. The zero-order valence-electron chi connectivity index (χ0n) is 21.5. The van der Waals surface area contributed by atoms with Crippen LogP contribution in [0, 0.1) is 0 Å². The van der Waals surface area contributed by atoms with Crippen LogP contribution in [0.2, 0.25) is 0 Å². The Labute approximate surface area is 229 Å². The van der Waals surface area contributed by atoms with Crippen molar-refractivity contribution in [3.8, 4) is 5.88 Å². The van der Waals surface area contributed by atoms with Crippen LogP contribution in [0.25, 0.3) is 10.9 Å². The van der Waals surface area contributed by atoms with Gasteiger partial charge in [0.1, 0.15) is 6.54 Å². The molecule has 1 aliphatic heterocycles. The van der Waals surface area contributed by atoms with Gasteiger partial charge in [0.15, 0.2) is 5.88 Å². The summed E-state index contributed by atoms with van der Waals surface area (Å²) in [6.45, 7) is -0.360. The summed E-state index contributed by atoms with van der Waals surface area (Å²) in [5, 5.41) is 11.6. The smallest absolute Gasteiger partial charge is 0.262 e. The third-order valence-corrected chi connectivity index (χ3v) is 6.99. The molecule has 5 aromatic rings. The number of nitrogens with one attached hydrogen (secondary N) is 1. The summed E-state index contributed by atoms with van der Waals surface area (Å²) in [6, 6.07) is 30.8. The summed E-state index contributed by atoms with van der Waals surface area (Å²) >= 11 is 0. The molecule has 4 aromatic carbocycles. The van der Waals surface area contributed by atoms with Crippen molar-refractivity contribution in [1.82, 2.24) is 9.88 Å². The van der Waals surface area contributed by atoms with E-state index in [0.29, 0.717) is 33.8 Å². The Balaban J connectivity index is 1.27. The number of aromatic amines is 1. The predicted octanol–water partition coefficient (Wildman–Crippen LogP) is 5.30. The van der Waals surface area contributed by atoms with Gasteiger partial charge in [-0.1, -0.05) is 60.7 Å². The average molecular weight is 529 g/mol. The molecule has 0 aliphatic carbocycles. The summed E-state index contributed by atoms with van der Waals surface area (Å²) < 4.78 is 0. The van der Waals surface area contributed by atoms with E-state index >= 15 is 0 Å². The molecule has 0 saturated heterocycles. The average Bonchev–Trinajstić information content (AvgIpc) is 3.44. The third-order valence-electron chi connectivity index (χ3n) is 6.99. The van der Waals surface area contributed by atoms with Gasteiger partial charge in [0, 0.05) is 29.2 Å². The number of imide groups is 1. The quantitative estimate of drug-likeness (QED) is 0.230. The molecule has 0 fully saturated rings. The SMILES string of the molecule is CN(C(=O)CN1C(=O)c2ccccc2C1=O)c1ccc(N=C(c2ccccc2)c2c(O)[nH]c3ccccc23)cc1. The van der Waals surface area contributed by atoms with Gasteiger partial charge >= 0.3 is 0 Å². The van der Waals surface area contributed by atoms with E-state index in [2.05, 4.69) is 4.98 Å². The lowest BCUT2D eigenvalue weighted by Crippen LogP contribution is -2.41. The van der Waals surface area contributed by atoms with E-state index in [-0.39, 0.29) is 12.4 Å². The highest BCUT2D eigenvalue weighted by atomic mass is 16.3. The largest absolute Gasteiger partial charge is 0.494 e. The number of carbonyl (C=O) groups is 3. The predicted molar refractivity (Wildman–Crippen MR) is 153 cm³/mol. The monoisotopic (exact) mass is 528 g/mol. The fourth-order valence-corrected chi connectivity index (χ4v) is 4.88. The Morgan fingerprint density at radius 3 is 2.10 bits per heavy atom. The Bertz CT molecular complexity index is 1770. The highest BCUT2D eigenvalue weighted by Gasteiger charge is 2.36. The van der Waals surface area contributed by atoms with Crippen molar-refractivity contribution in [3.05, 3.63) is 125 Å². The van der Waals surface area contributed by atoms with Crippen LogP contribution < -0.4 is 4.90 Å². The summed E-state index contributed by atoms with van der Waals surface area (Å²) in [4.78, 5) is 48.7. The molecular formula is C32H24N4O4. The van der Waals surface area contributed by atoms with Crippen LogP contribution >= 0.6 is 0 Å². The third kappa shape index (κ3) is 4.31. The molecule has 2 heterocycles. The number of nitrogens with zero attached hydrogens (tertiary/aromatic N) is 3. The van der Waals surface area contributed by atoms with E-state index in [1.165, 1.54) is 4.90 Å². The molecule has 0 unspecified atom stereocenters. The van der Waals surface area contributed by atoms with Gasteiger partial charge in [-0.3, -0.25) is 19.3 Å². The van der Waals surface area contributed by atoms with Crippen LogP contribution in [0.15, 0.2) is 108 Å². The van der Waals surface area contributed by atoms with E-state index in [9.17, 15) is 19.5 Å². The van der Waals surface area contributed by atoms with Crippen molar-refractivity contribution in [2.45, 2.75) is 0 Å². The number of fused-ring (bicyclic) bond motifs is 2. The van der Waals surface area contributed by atoms with Crippen molar-refractivity contribution >= 4 is 45.7 Å². The number of para-hydroxylation sites is 1. The van der Waals surface area contributed by atoms with Crippen molar-refractivity contribution in [2.75, 3.05) is 18.5 Å². The van der Waals surface area contributed by atoms with Crippen molar-refractivity contribution in [1.29, 1.82) is 0 Å². The fourth-order valence-electron chi connectivity index (χ4n) is 4.88. The second-order valence-corrected chi connectivity index (χ2v) is 9.43. The number of aromatic hydroxyl groups is 1. The molecule has 6 rings (SSSR count). The number of H-pyrrole nitrogens is 1. The van der Waals surface area contributed by atoms with Crippen LogP contribution in [-0.2, 0) is 4.79 Å². The highest BCUT2D eigenvalue weighted by molar-refractivity contribution is 6.23. The Morgan fingerprint density at radius 1 is 0.825 bits per heavy atom. The van der Waals surface area contributed by atoms with E-state index in [1.807, 2.05) is 54.6 Å². The number of hydrogen-bond donors (Lipinski definition) is 2. The van der Waals surface area contributed by atoms with Crippen molar-refractivity contribution in [3.63, 3.8) is 0 Å². The number of rotatable bonds is 6. The first-order chi connectivity index (χ1) is 19.4. The molecule has 40 heavy (non-hydrogen) atoms. The Morgan fingerprint density at radius 2 is 1.43 bits per heavy atom. The first-order valence-electron chi connectivity index (χ1n) is 12.7. The molecular weight excluding hydrogens is 504 g/mol. The number of benzene rings is 4. The van der Waals surface area contributed by atoms with Gasteiger partial charge in [0.05, 0.1) is 28.1 Å². The standard InChI is InChI=1S/C32H24N4O4/c1-35(27(37)19-36-31(39)23-11-5-6-12-24(23)32(36)40)22-17-15-21(16-18-22)33-29(20-9-3-2-4-10-20)28-25-13-7-8-14-26(25)34-30(28)38/h2-18,34,38H,19H2,1H3. The van der Waals surface area contributed by atoms with Crippen LogP contribution in [0.3, 0.4) is 0 Å². The zero-order chi connectivity index (χ0) is 27.8. The minimum atomic E-state index is -0.471. The number of carbonyl (C=O) groups excluding carboxylic acids is 3. The van der Waals surface area contributed by atoms with E-state index in [0.717, 1.165) is 21.4 Å². The molecule has 0 radical (unpaired) electrons. The molecule has 0 bridgehead atoms. The summed E-state index contributed by atoms with van der Waals surface area (Å²) in [6.07, 6.45) is 0. The van der Waals surface area contributed by atoms with Crippen molar-refractivity contribution < 1.29 is 19.5 Å². The van der Waals surface area contributed by atoms with Crippen molar-refractivity contribution in [2.24, 2.45) is 4.99 Å². The molecule has 2 N–H and O–H groups in total.